The van der Waals surface area contributed by atoms with E-state index in [-0.39, 0.29) is 17.9 Å². The first kappa shape index (κ1) is 11.1. The lowest BCUT2D eigenvalue weighted by Gasteiger charge is -2.33. The van der Waals surface area contributed by atoms with E-state index in [9.17, 15) is 4.79 Å². The van der Waals surface area contributed by atoms with E-state index in [0.29, 0.717) is 0 Å². The maximum absolute atomic E-state index is 11.9. The van der Waals surface area contributed by atoms with E-state index in [2.05, 4.69) is 15.9 Å². The molecule has 2 N–H and O–H groups in total. The molecule has 0 unspecified atom stereocenters. The van der Waals surface area contributed by atoms with Gasteiger partial charge < -0.3 is 10.6 Å². The number of amides is 1. The predicted octanol–water partition coefficient (Wildman–Crippen LogP) is 2.21. The predicted molar refractivity (Wildman–Crippen MR) is 66.1 cm³/mol. The third-order valence-electron chi connectivity index (χ3n) is 2.74. The Hall–Kier alpha value is -0.390. The van der Waals surface area contributed by atoms with Crippen LogP contribution in [-0.2, 0) is 4.79 Å². The van der Waals surface area contributed by atoms with E-state index in [1.54, 1.807) is 16.2 Å². The van der Waals surface area contributed by atoms with Crippen molar-refractivity contribution in [3.63, 3.8) is 0 Å². The van der Waals surface area contributed by atoms with Crippen molar-refractivity contribution in [2.24, 2.45) is 11.7 Å². The Kier molecular flexibility index (Phi) is 3.13. The smallest absolute Gasteiger partial charge is 0.230 e. The summed E-state index contributed by atoms with van der Waals surface area (Å²) in [6.07, 6.45) is 1.66. The van der Waals surface area contributed by atoms with E-state index in [0.717, 1.165) is 22.3 Å². The quantitative estimate of drug-likeness (QED) is 0.907. The summed E-state index contributed by atoms with van der Waals surface area (Å²) in [6, 6.07) is 2.18. The molecule has 1 heterocycles. The Morgan fingerprint density at radius 3 is 2.80 bits per heavy atom. The highest BCUT2D eigenvalue weighted by atomic mass is 79.9. The Labute approximate surface area is 101 Å². The summed E-state index contributed by atoms with van der Waals surface area (Å²) in [6.45, 7) is 0. The lowest BCUT2D eigenvalue weighted by atomic mass is 9.80. The zero-order valence-electron chi connectivity index (χ0n) is 8.44. The zero-order chi connectivity index (χ0) is 11.0. The van der Waals surface area contributed by atoms with Gasteiger partial charge in [0.05, 0.1) is 5.00 Å². The van der Waals surface area contributed by atoms with E-state index in [1.807, 2.05) is 18.5 Å². The van der Waals surface area contributed by atoms with Gasteiger partial charge in [0.25, 0.3) is 0 Å². The summed E-state index contributed by atoms with van der Waals surface area (Å²) in [5, 5.41) is 2.96. The van der Waals surface area contributed by atoms with Gasteiger partial charge in [0.1, 0.15) is 0 Å². The highest BCUT2D eigenvalue weighted by molar-refractivity contribution is 9.10. The molecule has 1 fully saturated rings. The monoisotopic (exact) mass is 288 g/mol. The molecule has 0 radical (unpaired) electrons. The van der Waals surface area contributed by atoms with Crippen LogP contribution in [0.5, 0.6) is 0 Å². The second-order valence-electron chi connectivity index (χ2n) is 3.93. The van der Waals surface area contributed by atoms with Crippen LogP contribution in [0.3, 0.4) is 0 Å². The van der Waals surface area contributed by atoms with Crippen molar-refractivity contribution in [2.45, 2.75) is 18.9 Å². The van der Waals surface area contributed by atoms with Gasteiger partial charge in [-0.15, -0.1) is 11.3 Å². The van der Waals surface area contributed by atoms with Crippen molar-refractivity contribution in [1.29, 1.82) is 0 Å². The molecule has 1 aromatic heterocycles. The lowest BCUT2D eigenvalue weighted by molar-refractivity contribution is -0.124. The molecule has 0 spiro atoms. The number of nitrogens with two attached hydrogens (primary N) is 1. The van der Waals surface area contributed by atoms with Crippen LogP contribution in [0, 0.1) is 5.92 Å². The first-order valence-corrected chi connectivity index (χ1v) is 6.52. The molecule has 0 atom stereocenters. The third-order valence-corrected chi connectivity index (χ3v) is 4.50. The van der Waals surface area contributed by atoms with Gasteiger partial charge in [0.15, 0.2) is 0 Å². The second-order valence-corrected chi connectivity index (χ2v) is 5.73. The minimum atomic E-state index is 0.130. The molecule has 3 nitrogen and oxygen atoms in total. The number of hydrogen-bond donors (Lipinski definition) is 1. The molecule has 15 heavy (non-hydrogen) atoms. The third kappa shape index (κ3) is 2.24. The molecule has 1 aromatic rings. The molecule has 1 aliphatic rings. The zero-order valence-corrected chi connectivity index (χ0v) is 10.8. The van der Waals surface area contributed by atoms with E-state index >= 15 is 0 Å². The van der Waals surface area contributed by atoms with Crippen LogP contribution in [-0.4, -0.2) is 19.0 Å². The average molecular weight is 289 g/mol. The number of anilines is 1. The Morgan fingerprint density at radius 1 is 1.67 bits per heavy atom. The van der Waals surface area contributed by atoms with Crippen LogP contribution in [0.15, 0.2) is 15.9 Å². The summed E-state index contributed by atoms with van der Waals surface area (Å²) in [5.41, 5.74) is 5.67. The maximum atomic E-state index is 11.9. The van der Waals surface area contributed by atoms with Crippen molar-refractivity contribution < 1.29 is 4.79 Å². The van der Waals surface area contributed by atoms with E-state index < -0.39 is 0 Å². The summed E-state index contributed by atoms with van der Waals surface area (Å²) in [7, 11) is 1.82. The van der Waals surface area contributed by atoms with Gasteiger partial charge in [-0.2, -0.15) is 0 Å². The number of nitrogens with zero attached hydrogens (tertiary/aromatic N) is 1. The summed E-state index contributed by atoms with van der Waals surface area (Å²) in [5.74, 6) is 0.317. The van der Waals surface area contributed by atoms with Crippen LogP contribution in [0.4, 0.5) is 5.00 Å². The van der Waals surface area contributed by atoms with Crippen LogP contribution >= 0.6 is 27.3 Å². The highest BCUT2D eigenvalue weighted by Crippen LogP contribution is 2.32. The molecule has 0 bridgehead atoms. The summed E-state index contributed by atoms with van der Waals surface area (Å²) in [4.78, 5) is 13.7. The molecule has 0 aliphatic heterocycles. The van der Waals surface area contributed by atoms with Gasteiger partial charge in [-0.25, -0.2) is 0 Å². The Balaban J connectivity index is 2.02. The highest BCUT2D eigenvalue weighted by Gasteiger charge is 2.34. The molecule has 2 rings (SSSR count). The Morgan fingerprint density at radius 2 is 2.33 bits per heavy atom. The number of halogens is 1. The minimum Gasteiger partial charge on any atom is -0.328 e. The Bertz CT molecular complexity index is 373. The first-order valence-electron chi connectivity index (χ1n) is 4.85. The van der Waals surface area contributed by atoms with E-state index in [1.165, 1.54) is 0 Å². The SMILES string of the molecule is CN(C(=O)C1CC(N)C1)c1cc(Br)cs1. The van der Waals surface area contributed by atoms with Gasteiger partial charge in [0.2, 0.25) is 5.91 Å². The largest absolute Gasteiger partial charge is 0.328 e. The van der Waals surface area contributed by atoms with Crippen molar-refractivity contribution in [3.05, 3.63) is 15.9 Å². The van der Waals surface area contributed by atoms with Gasteiger partial charge in [-0.1, -0.05) is 0 Å². The van der Waals surface area contributed by atoms with Crippen LogP contribution < -0.4 is 10.6 Å². The van der Waals surface area contributed by atoms with Crippen LogP contribution in [0.25, 0.3) is 0 Å². The van der Waals surface area contributed by atoms with Gasteiger partial charge >= 0.3 is 0 Å². The van der Waals surface area contributed by atoms with E-state index in [4.69, 9.17) is 5.73 Å². The number of carbonyl (C=O) groups excluding carboxylic acids is 1. The number of thiophene rings is 1. The summed E-state index contributed by atoms with van der Waals surface area (Å²) >= 11 is 4.95. The lowest BCUT2D eigenvalue weighted by Crippen LogP contribution is -2.45. The minimum absolute atomic E-state index is 0.130. The molecule has 1 saturated carbocycles. The molecular weight excluding hydrogens is 276 g/mol. The topological polar surface area (TPSA) is 46.3 Å². The second kappa shape index (κ2) is 4.23. The first-order chi connectivity index (χ1) is 7.08. The van der Waals surface area contributed by atoms with Crippen molar-refractivity contribution in [3.8, 4) is 0 Å². The molecule has 0 saturated heterocycles. The van der Waals surface area contributed by atoms with Gasteiger partial charge in [-0.05, 0) is 34.8 Å². The molecule has 0 aromatic carbocycles. The van der Waals surface area contributed by atoms with Crippen molar-refractivity contribution >= 4 is 38.2 Å². The fourth-order valence-electron chi connectivity index (χ4n) is 1.72. The number of rotatable bonds is 2. The molecular formula is C10H13BrN2OS. The molecule has 1 amide bonds. The van der Waals surface area contributed by atoms with Crippen molar-refractivity contribution in [2.75, 3.05) is 11.9 Å². The molecule has 5 heteroatoms. The number of carbonyl (C=O) groups is 1. The maximum Gasteiger partial charge on any atom is 0.230 e. The standard InChI is InChI=1S/C10H13BrN2OS/c1-13(9-4-7(11)5-15-9)10(14)6-2-8(12)3-6/h4-6,8H,2-3,12H2,1H3. The summed E-state index contributed by atoms with van der Waals surface area (Å²) < 4.78 is 1.02. The average Bonchev–Trinajstić information content (AvgIpc) is 2.58. The number of hydrogen-bond acceptors (Lipinski definition) is 3. The normalized spacial score (nSPS) is 24.7. The van der Waals surface area contributed by atoms with Crippen LogP contribution in [0.1, 0.15) is 12.8 Å². The van der Waals surface area contributed by atoms with Gasteiger partial charge in [0, 0.05) is 28.9 Å². The van der Waals surface area contributed by atoms with Gasteiger partial charge in [-0.3, -0.25) is 4.79 Å². The fraction of sp³-hybridized carbons (Fsp3) is 0.500. The molecule has 82 valence electrons. The molecule has 1 aliphatic carbocycles. The fourth-order valence-corrected chi connectivity index (χ4v) is 3.12. The van der Waals surface area contributed by atoms with Crippen molar-refractivity contribution in [1.82, 2.24) is 0 Å². The van der Waals surface area contributed by atoms with Crippen LogP contribution in [0.2, 0.25) is 0 Å².